The van der Waals surface area contributed by atoms with Gasteiger partial charge >= 0.3 is 0 Å². The van der Waals surface area contributed by atoms with Gasteiger partial charge in [-0.25, -0.2) is 0 Å². The molecule has 0 aliphatic rings. The number of hydrogen-bond donors (Lipinski definition) is 1. The van der Waals surface area contributed by atoms with Crippen molar-refractivity contribution in [3.8, 4) is 11.8 Å². The van der Waals surface area contributed by atoms with Crippen LogP contribution in [0.15, 0.2) is 46.9 Å². The number of nitrogens with one attached hydrogen (secondary N) is 1. The van der Waals surface area contributed by atoms with Crippen LogP contribution in [0.2, 0.25) is 5.02 Å². The van der Waals surface area contributed by atoms with Crippen LogP contribution in [0.1, 0.15) is 11.6 Å². The Hall–Kier alpha value is -1.70. The highest BCUT2D eigenvalue weighted by molar-refractivity contribution is 9.10. The SMILES string of the molecule is COc1ccc(Br)c(C(C#N)Nc2cccc(Cl)c2)c1. The summed E-state index contributed by atoms with van der Waals surface area (Å²) >= 11 is 9.40. The standard InChI is InChI=1S/C15H12BrClN2O/c1-20-12-5-6-14(16)13(8-12)15(9-18)19-11-4-2-3-10(17)7-11/h2-8,15,19H,1H3. The summed E-state index contributed by atoms with van der Waals surface area (Å²) in [5.41, 5.74) is 1.60. The van der Waals surface area contributed by atoms with Crippen molar-refractivity contribution in [2.24, 2.45) is 0 Å². The van der Waals surface area contributed by atoms with Crippen LogP contribution in [0, 0.1) is 11.3 Å². The molecule has 2 aromatic carbocycles. The van der Waals surface area contributed by atoms with Gasteiger partial charge in [-0.3, -0.25) is 0 Å². The molecule has 0 spiro atoms. The second-order valence-corrected chi connectivity index (χ2v) is 5.40. The summed E-state index contributed by atoms with van der Waals surface area (Å²) < 4.78 is 6.04. The van der Waals surface area contributed by atoms with E-state index < -0.39 is 6.04 Å². The molecule has 0 bridgehead atoms. The van der Waals surface area contributed by atoms with E-state index in [1.807, 2.05) is 30.3 Å². The Morgan fingerprint density at radius 2 is 2.10 bits per heavy atom. The highest BCUT2D eigenvalue weighted by Gasteiger charge is 2.15. The third kappa shape index (κ3) is 3.44. The van der Waals surface area contributed by atoms with Crippen molar-refractivity contribution < 1.29 is 4.74 Å². The first-order valence-corrected chi connectivity index (χ1v) is 7.06. The zero-order chi connectivity index (χ0) is 14.5. The molecule has 2 aromatic rings. The largest absolute Gasteiger partial charge is 0.497 e. The molecule has 0 aliphatic heterocycles. The van der Waals surface area contributed by atoms with Crippen molar-refractivity contribution in [1.29, 1.82) is 5.26 Å². The number of benzene rings is 2. The molecule has 1 N–H and O–H groups in total. The van der Waals surface area contributed by atoms with Gasteiger partial charge in [0.2, 0.25) is 0 Å². The lowest BCUT2D eigenvalue weighted by Gasteiger charge is -2.16. The maximum Gasteiger partial charge on any atom is 0.141 e. The van der Waals surface area contributed by atoms with Gasteiger partial charge in [0.1, 0.15) is 11.8 Å². The number of ether oxygens (including phenoxy) is 1. The van der Waals surface area contributed by atoms with Gasteiger partial charge < -0.3 is 10.1 Å². The molecule has 20 heavy (non-hydrogen) atoms. The minimum atomic E-state index is -0.502. The molecule has 1 unspecified atom stereocenters. The van der Waals surface area contributed by atoms with Gasteiger partial charge in [0.15, 0.2) is 0 Å². The molecular weight excluding hydrogens is 340 g/mol. The second-order valence-electron chi connectivity index (χ2n) is 4.10. The van der Waals surface area contributed by atoms with E-state index in [1.165, 1.54) is 0 Å². The van der Waals surface area contributed by atoms with Crippen LogP contribution in [-0.4, -0.2) is 7.11 Å². The first kappa shape index (κ1) is 14.7. The van der Waals surface area contributed by atoms with E-state index in [4.69, 9.17) is 16.3 Å². The smallest absolute Gasteiger partial charge is 0.141 e. The Labute approximate surface area is 131 Å². The monoisotopic (exact) mass is 350 g/mol. The van der Waals surface area contributed by atoms with E-state index in [0.29, 0.717) is 10.8 Å². The fourth-order valence-corrected chi connectivity index (χ4v) is 2.46. The number of methoxy groups -OCH3 is 1. The van der Waals surface area contributed by atoms with Crippen LogP contribution < -0.4 is 10.1 Å². The number of hydrogen-bond acceptors (Lipinski definition) is 3. The van der Waals surface area contributed by atoms with Crippen molar-refractivity contribution in [1.82, 2.24) is 0 Å². The van der Waals surface area contributed by atoms with Gasteiger partial charge in [-0.1, -0.05) is 33.6 Å². The molecule has 2 rings (SSSR count). The molecule has 0 saturated carbocycles. The number of rotatable bonds is 4. The van der Waals surface area contributed by atoms with E-state index >= 15 is 0 Å². The molecule has 3 nitrogen and oxygen atoms in total. The lowest BCUT2D eigenvalue weighted by Crippen LogP contribution is -2.09. The highest BCUT2D eigenvalue weighted by atomic mass is 79.9. The van der Waals surface area contributed by atoms with E-state index in [0.717, 1.165) is 15.7 Å². The van der Waals surface area contributed by atoms with Gasteiger partial charge in [0.25, 0.3) is 0 Å². The van der Waals surface area contributed by atoms with Crippen molar-refractivity contribution in [3.05, 3.63) is 57.5 Å². The molecule has 0 amide bonds. The Morgan fingerprint density at radius 3 is 2.75 bits per heavy atom. The zero-order valence-electron chi connectivity index (χ0n) is 10.7. The maximum absolute atomic E-state index is 9.39. The van der Waals surface area contributed by atoms with E-state index in [9.17, 15) is 5.26 Å². The van der Waals surface area contributed by atoms with Crippen LogP contribution in [0.4, 0.5) is 5.69 Å². The normalized spacial score (nSPS) is 11.5. The van der Waals surface area contributed by atoms with E-state index in [2.05, 4.69) is 27.3 Å². The van der Waals surface area contributed by atoms with Crippen molar-refractivity contribution in [3.63, 3.8) is 0 Å². The molecule has 5 heteroatoms. The third-order valence-corrected chi connectivity index (χ3v) is 3.74. The summed E-state index contributed by atoms with van der Waals surface area (Å²) in [4.78, 5) is 0. The van der Waals surface area contributed by atoms with E-state index in [1.54, 1.807) is 19.2 Å². The minimum Gasteiger partial charge on any atom is -0.497 e. The van der Waals surface area contributed by atoms with Crippen molar-refractivity contribution in [2.45, 2.75) is 6.04 Å². The molecule has 0 heterocycles. The Morgan fingerprint density at radius 1 is 1.30 bits per heavy atom. The quantitative estimate of drug-likeness (QED) is 0.861. The van der Waals surface area contributed by atoms with Gasteiger partial charge in [-0.15, -0.1) is 0 Å². The summed E-state index contributed by atoms with van der Waals surface area (Å²) in [5.74, 6) is 0.705. The molecule has 0 saturated heterocycles. The zero-order valence-corrected chi connectivity index (χ0v) is 13.1. The predicted octanol–water partition coefficient (Wildman–Crippen LogP) is 4.79. The number of halogens is 2. The summed E-state index contributed by atoms with van der Waals surface area (Å²) in [6.07, 6.45) is 0. The van der Waals surface area contributed by atoms with Crippen LogP contribution in [0.5, 0.6) is 5.75 Å². The number of nitriles is 1. The number of anilines is 1. The fourth-order valence-electron chi connectivity index (χ4n) is 1.79. The Bertz CT molecular complexity index is 655. The van der Waals surface area contributed by atoms with Crippen molar-refractivity contribution >= 4 is 33.2 Å². The summed E-state index contributed by atoms with van der Waals surface area (Å²) in [6, 6.07) is 14.5. The van der Waals surface area contributed by atoms with Gasteiger partial charge in [-0.05, 0) is 36.4 Å². The molecule has 1 atom stereocenters. The molecule has 0 fully saturated rings. The average Bonchev–Trinajstić information content (AvgIpc) is 2.46. The second kappa shape index (κ2) is 6.65. The summed E-state index contributed by atoms with van der Waals surface area (Å²) in [7, 11) is 1.60. The lowest BCUT2D eigenvalue weighted by molar-refractivity contribution is 0.414. The van der Waals surface area contributed by atoms with Crippen LogP contribution in [0.25, 0.3) is 0 Å². The minimum absolute atomic E-state index is 0.502. The first-order chi connectivity index (χ1) is 9.63. The van der Waals surface area contributed by atoms with Crippen LogP contribution in [-0.2, 0) is 0 Å². The van der Waals surface area contributed by atoms with Gasteiger partial charge in [-0.2, -0.15) is 5.26 Å². The Balaban J connectivity index is 2.31. The van der Waals surface area contributed by atoms with Crippen molar-refractivity contribution in [2.75, 3.05) is 12.4 Å². The molecule has 102 valence electrons. The highest BCUT2D eigenvalue weighted by Crippen LogP contribution is 2.30. The third-order valence-electron chi connectivity index (χ3n) is 2.78. The van der Waals surface area contributed by atoms with E-state index in [-0.39, 0.29) is 0 Å². The van der Waals surface area contributed by atoms with Crippen LogP contribution >= 0.6 is 27.5 Å². The van der Waals surface area contributed by atoms with Gasteiger partial charge in [0, 0.05) is 20.7 Å². The maximum atomic E-state index is 9.39. The topological polar surface area (TPSA) is 45.0 Å². The Kier molecular flexibility index (Phi) is 4.89. The lowest BCUT2D eigenvalue weighted by atomic mass is 10.1. The van der Waals surface area contributed by atoms with Crippen LogP contribution in [0.3, 0.4) is 0 Å². The molecule has 0 aromatic heterocycles. The first-order valence-electron chi connectivity index (χ1n) is 5.89. The fraction of sp³-hybridized carbons (Fsp3) is 0.133. The molecule has 0 radical (unpaired) electrons. The molecular formula is C15H12BrClN2O. The summed E-state index contributed by atoms with van der Waals surface area (Å²) in [6.45, 7) is 0. The molecule has 0 aliphatic carbocycles. The number of nitrogens with zero attached hydrogens (tertiary/aromatic N) is 1. The average molecular weight is 352 g/mol. The predicted molar refractivity (Wildman–Crippen MR) is 84.1 cm³/mol. The summed E-state index contributed by atoms with van der Waals surface area (Å²) in [5, 5.41) is 13.2. The van der Waals surface area contributed by atoms with Gasteiger partial charge in [0.05, 0.1) is 13.2 Å².